The van der Waals surface area contributed by atoms with Crippen molar-refractivity contribution in [2.45, 2.75) is 0 Å². The molecule has 6 heteroatoms. The molecule has 0 aliphatic heterocycles. The Hall–Kier alpha value is -1.30. The van der Waals surface area contributed by atoms with Crippen molar-refractivity contribution >= 4 is 15.9 Å². The van der Waals surface area contributed by atoms with Crippen molar-refractivity contribution in [3.8, 4) is 11.4 Å². The van der Waals surface area contributed by atoms with Crippen LogP contribution in [-0.2, 0) is 0 Å². The fourth-order valence-electron chi connectivity index (χ4n) is 1.04. The topological polar surface area (TPSA) is 38.9 Å². The molecule has 0 atom stereocenters. The Bertz CT molecular complexity index is 435. The van der Waals surface area contributed by atoms with E-state index in [0.717, 1.165) is 18.5 Å². The number of benzene rings is 1. The summed E-state index contributed by atoms with van der Waals surface area (Å²) in [6.07, 6.45) is 1.01. The van der Waals surface area contributed by atoms with Crippen molar-refractivity contribution in [1.82, 2.24) is 10.1 Å². The van der Waals surface area contributed by atoms with Gasteiger partial charge in [0.25, 0.3) is 0 Å². The van der Waals surface area contributed by atoms with Crippen LogP contribution in [0, 0.1) is 11.6 Å². The number of nitrogens with zero attached hydrogens (tertiary/aromatic N) is 2. The van der Waals surface area contributed by atoms with Gasteiger partial charge in [-0.15, -0.1) is 0 Å². The summed E-state index contributed by atoms with van der Waals surface area (Å²) in [5.41, 5.74) is -0.290. The fraction of sp³-hybridized carbons (Fsp3) is 0. The van der Waals surface area contributed by atoms with Crippen molar-refractivity contribution in [2.75, 3.05) is 0 Å². The summed E-state index contributed by atoms with van der Waals surface area (Å²) < 4.78 is 31.3. The Morgan fingerprint density at radius 3 is 2.36 bits per heavy atom. The molecule has 0 aliphatic rings. The van der Waals surface area contributed by atoms with E-state index in [1.807, 2.05) is 0 Å². The summed E-state index contributed by atoms with van der Waals surface area (Å²) in [7, 11) is 0. The van der Waals surface area contributed by atoms with E-state index in [2.05, 4.69) is 30.6 Å². The molecule has 2 rings (SSSR count). The maximum Gasteiger partial charge on any atom is 0.214 e. The Morgan fingerprint density at radius 2 is 1.86 bits per heavy atom. The maximum atomic E-state index is 13.3. The monoisotopic (exact) mass is 260 g/mol. The number of hydrogen-bond donors (Lipinski definition) is 0. The lowest BCUT2D eigenvalue weighted by Gasteiger charge is -2.00. The molecule has 1 aromatic heterocycles. The highest BCUT2D eigenvalue weighted by Gasteiger charge is 2.16. The molecule has 0 fully saturated rings. The van der Waals surface area contributed by atoms with Crippen molar-refractivity contribution in [2.24, 2.45) is 0 Å². The Kier molecular flexibility index (Phi) is 2.28. The van der Waals surface area contributed by atoms with E-state index < -0.39 is 11.6 Å². The number of rotatable bonds is 1. The van der Waals surface area contributed by atoms with Crippen LogP contribution < -0.4 is 0 Å². The molecule has 0 unspecified atom stereocenters. The van der Waals surface area contributed by atoms with Gasteiger partial charge in [-0.3, -0.25) is 0 Å². The summed E-state index contributed by atoms with van der Waals surface area (Å²) in [6, 6.07) is 2.27. The number of aromatic nitrogens is 2. The molecule has 0 saturated heterocycles. The third-order valence-corrected chi connectivity index (χ3v) is 2.05. The van der Waals surface area contributed by atoms with E-state index in [4.69, 9.17) is 0 Å². The predicted molar refractivity (Wildman–Crippen MR) is 47.4 cm³/mol. The quantitative estimate of drug-likeness (QED) is 0.792. The third kappa shape index (κ3) is 1.52. The molecule has 0 radical (unpaired) electrons. The highest BCUT2D eigenvalue weighted by molar-refractivity contribution is 9.10. The maximum absolute atomic E-state index is 13.3. The van der Waals surface area contributed by atoms with E-state index in [0.29, 0.717) is 4.47 Å². The second kappa shape index (κ2) is 3.45. The normalized spacial score (nSPS) is 10.5. The Balaban J connectivity index is 2.64. The first-order chi connectivity index (χ1) is 6.68. The standard InChI is InChI=1S/C8H3BrF2N2O/c9-4-1-5(10)7(6(11)2-4)8-12-3-14-13-8/h1-3H. The summed E-state index contributed by atoms with van der Waals surface area (Å²) in [6.45, 7) is 0. The molecule has 0 saturated carbocycles. The molecule has 2 aromatic rings. The molecular weight excluding hydrogens is 258 g/mol. The van der Waals surface area contributed by atoms with Gasteiger partial charge in [0.05, 0.1) is 5.56 Å². The van der Waals surface area contributed by atoms with Crippen molar-refractivity contribution in [3.05, 3.63) is 34.6 Å². The van der Waals surface area contributed by atoms with Gasteiger partial charge in [-0.25, -0.2) is 8.78 Å². The largest absolute Gasteiger partial charge is 0.342 e. The van der Waals surface area contributed by atoms with Gasteiger partial charge in [-0.05, 0) is 12.1 Å². The Morgan fingerprint density at radius 1 is 1.21 bits per heavy atom. The first-order valence-corrected chi connectivity index (χ1v) is 4.39. The minimum absolute atomic E-state index is 0.104. The van der Waals surface area contributed by atoms with Crippen molar-refractivity contribution < 1.29 is 13.3 Å². The Labute approximate surface area is 85.9 Å². The molecule has 0 amide bonds. The zero-order valence-electron chi connectivity index (χ0n) is 6.67. The molecule has 0 N–H and O–H groups in total. The van der Waals surface area contributed by atoms with Crippen LogP contribution >= 0.6 is 15.9 Å². The van der Waals surface area contributed by atoms with Gasteiger partial charge in [0.1, 0.15) is 11.6 Å². The second-order valence-corrected chi connectivity index (χ2v) is 3.41. The average Bonchev–Trinajstić information content (AvgIpc) is 2.54. The van der Waals surface area contributed by atoms with Crippen LogP contribution in [-0.4, -0.2) is 10.1 Å². The number of halogens is 3. The first-order valence-electron chi connectivity index (χ1n) is 3.60. The SMILES string of the molecule is Fc1cc(Br)cc(F)c1-c1ncon1. The summed E-state index contributed by atoms with van der Waals surface area (Å²) in [5, 5.41) is 3.36. The zero-order valence-corrected chi connectivity index (χ0v) is 8.25. The van der Waals surface area contributed by atoms with Crippen molar-refractivity contribution in [1.29, 1.82) is 0 Å². The highest BCUT2D eigenvalue weighted by atomic mass is 79.9. The van der Waals surface area contributed by atoms with Crippen LogP contribution in [0.3, 0.4) is 0 Å². The molecule has 0 spiro atoms. The average molecular weight is 261 g/mol. The molecule has 14 heavy (non-hydrogen) atoms. The van der Waals surface area contributed by atoms with E-state index in [1.165, 1.54) is 0 Å². The van der Waals surface area contributed by atoms with Crippen LogP contribution in [0.25, 0.3) is 11.4 Å². The van der Waals surface area contributed by atoms with Gasteiger partial charge in [-0.2, -0.15) is 4.98 Å². The highest BCUT2D eigenvalue weighted by Crippen LogP contribution is 2.26. The molecular formula is C8H3BrF2N2O. The lowest BCUT2D eigenvalue weighted by atomic mass is 10.2. The van der Waals surface area contributed by atoms with Gasteiger partial charge >= 0.3 is 0 Å². The van der Waals surface area contributed by atoms with Crippen LogP contribution in [0.1, 0.15) is 0 Å². The molecule has 72 valence electrons. The van der Waals surface area contributed by atoms with Crippen LogP contribution in [0.2, 0.25) is 0 Å². The van der Waals surface area contributed by atoms with E-state index in [-0.39, 0.29) is 11.4 Å². The zero-order chi connectivity index (χ0) is 10.1. The molecule has 3 nitrogen and oxygen atoms in total. The third-order valence-electron chi connectivity index (χ3n) is 1.59. The summed E-state index contributed by atoms with van der Waals surface area (Å²) >= 11 is 2.97. The number of hydrogen-bond acceptors (Lipinski definition) is 3. The minimum Gasteiger partial charge on any atom is -0.342 e. The smallest absolute Gasteiger partial charge is 0.214 e. The van der Waals surface area contributed by atoms with Gasteiger partial charge in [-0.1, -0.05) is 21.1 Å². The lowest BCUT2D eigenvalue weighted by molar-refractivity contribution is 0.418. The second-order valence-electron chi connectivity index (χ2n) is 2.50. The van der Waals surface area contributed by atoms with Gasteiger partial charge in [0.2, 0.25) is 12.2 Å². The van der Waals surface area contributed by atoms with Crippen LogP contribution in [0.5, 0.6) is 0 Å². The molecule has 0 bridgehead atoms. The van der Waals surface area contributed by atoms with Gasteiger partial charge in [0, 0.05) is 4.47 Å². The predicted octanol–water partition coefficient (Wildman–Crippen LogP) is 2.78. The minimum atomic E-state index is -0.738. The summed E-state index contributed by atoms with van der Waals surface area (Å²) in [5.74, 6) is -1.58. The van der Waals surface area contributed by atoms with E-state index >= 15 is 0 Å². The van der Waals surface area contributed by atoms with Gasteiger partial charge in [0.15, 0.2) is 0 Å². The molecule has 1 heterocycles. The van der Waals surface area contributed by atoms with E-state index in [1.54, 1.807) is 0 Å². The van der Waals surface area contributed by atoms with Crippen LogP contribution in [0.15, 0.2) is 27.5 Å². The van der Waals surface area contributed by atoms with E-state index in [9.17, 15) is 8.78 Å². The summed E-state index contributed by atoms with van der Waals surface area (Å²) in [4.78, 5) is 3.56. The fourth-order valence-corrected chi connectivity index (χ4v) is 1.44. The van der Waals surface area contributed by atoms with Crippen LogP contribution in [0.4, 0.5) is 8.78 Å². The first kappa shape index (κ1) is 9.26. The van der Waals surface area contributed by atoms with Crippen molar-refractivity contribution in [3.63, 3.8) is 0 Å². The molecule has 1 aromatic carbocycles. The van der Waals surface area contributed by atoms with Gasteiger partial charge < -0.3 is 4.52 Å². The lowest BCUT2D eigenvalue weighted by Crippen LogP contribution is -1.91. The molecule has 0 aliphatic carbocycles.